The van der Waals surface area contributed by atoms with Gasteiger partial charge in [0.15, 0.2) is 5.78 Å². The molecule has 5 nitrogen and oxygen atoms in total. The van der Waals surface area contributed by atoms with Crippen molar-refractivity contribution < 1.29 is 9.72 Å². The number of aromatic amines is 1. The molecule has 0 spiro atoms. The second-order valence-corrected chi connectivity index (χ2v) is 7.01. The van der Waals surface area contributed by atoms with E-state index in [1.165, 1.54) is 18.9 Å². The number of hydrogen-bond acceptors (Lipinski definition) is 3. The van der Waals surface area contributed by atoms with Crippen LogP contribution in [0, 0.1) is 16.0 Å². The molecule has 1 N–H and O–H groups in total. The highest BCUT2D eigenvalue weighted by Gasteiger charge is 2.24. The summed E-state index contributed by atoms with van der Waals surface area (Å²) >= 11 is 0. The van der Waals surface area contributed by atoms with Gasteiger partial charge in [0, 0.05) is 35.0 Å². The van der Waals surface area contributed by atoms with E-state index in [1.807, 2.05) is 30.3 Å². The number of fused-ring (bicyclic) bond motifs is 1. The van der Waals surface area contributed by atoms with Crippen molar-refractivity contribution in [1.82, 2.24) is 4.98 Å². The number of Topliss-reactive ketones (excluding diaryl/α,β-unsaturated/α-hetero) is 1. The number of benzene rings is 2. The average molecular weight is 348 g/mol. The molecule has 0 amide bonds. The third kappa shape index (κ3) is 3.01. The molecule has 0 saturated heterocycles. The number of rotatable bonds is 5. The molecule has 5 heteroatoms. The molecular weight excluding hydrogens is 328 g/mol. The van der Waals surface area contributed by atoms with Gasteiger partial charge in [0.2, 0.25) is 0 Å². The highest BCUT2D eigenvalue weighted by atomic mass is 16.6. The van der Waals surface area contributed by atoms with E-state index in [4.69, 9.17) is 0 Å². The molecule has 1 saturated carbocycles. The van der Waals surface area contributed by atoms with Gasteiger partial charge in [-0.2, -0.15) is 0 Å². The van der Waals surface area contributed by atoms with Crippen LogP contribution in [0.3, 0.4) is 0 Å². The van der Waals surface area contributed by atoms with Crippen LogP contribution in [0.2, 0.25) is 0 Å². The van der Waals surface area contributed by atoms with E-state index in [0.717, 1.165) is 34.9 Å². The Balaban J connectivity index is 1.85. The van der Waals surface area contributed by atoms with Gasteiger partial charge in [-0.1, -0.05) is 56.0 Å². The van der Waals surface area contributed by atoms with Gasteiger partial charge in [0.05, 0.1) is 10.6 Å². The van der Waals surface area contributed by atoms with Gasteiger partial charge < -0.3 is 4.98 Å². The van der Waals surface area contributed by atoms with E-state index in [0.29, 0.717) is 18.0 Å². The molecule has 0 unspecified atom stereocenters. The van der Waals surface area contributed by atoms with Crippen molar-refractivity contribution in [2.75, 3.05) is 0 Å². The Kier molecular flexibility index (Phi) is 4.29. The Morgan fingerprint density at radius 3 is 2.54 bits per heavy atom. The second-order valence-electron chi connectivity index (χ2n) is 7.01. The lowest BCUT2D eigenvalue weighted by Gasteiger charge is -2.09. The van der Waals surface area contributed by atoms with Crippen molar-refractivity contribution in [3.8, 4) is 11.1 Å². The fraction of sp³-hybridized carbons (Fsp3) is 0.286. The Labute approximate surface area is 151 Å². The van der Waals surface area contributed by atoms with Crippen LogP contribution in [0.4, 0.5) is 5.69 Å². The van der Waals surface area contributed by atoms with Crippen molar-refractivity contribution in [2.45, 2.75) is 32.1 Å². The third-order valence-electron chi connectivity index (χ3n) is 5.28. The number of nitro benzene ring substituents is 1. The fourth-order valence-electron chi connectivity index (χ4n) is 3.99. The maximum atomic E-state index is 13.0. The summed E-state index contributed by atoms with van der Waals surface area (Å²) in [4.78, 5) is 27.0. The van der Waals surface area contributed by atoms with Gasteiger partial charge in [-0.15, -0.1) is 0 Å². The molecule has 1 heterocycles. The minimum Gasteiger partial charge on any atom is -0.352 e. The first-order valence-corrected chi connectivity index (χ1v) is 9.02. The molecule has 0 bridgehead atoms. The monoisotopic (exact) mass is 348 g/mol. The van der Waals surface area contributed by atoms with Crippen LogP contribution in [0.25, 0.3) is 22.0 Å². The summed E-state index contributed by atoms with van der Waals surface area (Å²) in [5, 5.41) is 11.9. The number of nitro groups is 1. The Hall–Kier alpha value is -2.95. The van der Waals surface area contributed by atoms with E-state index >= 15 is 0 Å². The SMILES string of the molecule is O=C(CC1CCCC1)c1[nH]c2ccc([N+](=O)[O-])cc2c1-c1ccccc1. The lowest BCUT2D eigenvalue weighted by molar-refractivity contribution is -0.384. The van der Waals surface area contributed by atoms with Crippen LogP contribution >= 0.6 is 0 Å². The van der Waals surface area contributed by atoms with Crippen molar-refractivity contribution >= 4 is 22.4 Å². The normalized spacial score (nSPS) is 14.8. The predicted octanol–water partition coefficient (Wildman–Crippen LogP) is 5.51. The molecule has 0 atom stereocenters. The predicted molar refractivity (Wildman–Crippen MR) is 101 cm³/mol. The van der Waals surface area contributed by atoms with E-state index in [-0.39, 0.29) is 11.5 Å². The molecule has 3 aromatic rings. The van der Waals surface area contributed by atoms with Crippen LogP contribution in [0.5, 0.6) is 0 Å². The van der Waals surface area contributed by atoms with Crippen LogP contribution < -0.4 is 0 Å². The van der Waals surface area contributed by atoms with Gasteiger partial charge in [0.25, 0.3) is 5.69 Å². The molecule has 1 aliphatic rings. The zero-order valence-electron chi connectivity index (χ0n) is 14.4. The molecule has 1 aliphatic carbocycles. The van der Waals surface area contributed by atoms with Crippen LogP contribution in [-0.2, 0) is 0 Å². The van der Waals surface area contributed by atoms with Gasteiger partial charge in [-0.25, -0.2) is 0 Å². The molecule has 1 aromatic heterocycles. The number of aromatic nitrogens is 1. The van der Waals surface area contributed by atoms with E-state index in [1.54, 1.807) is 12.1 Å². The van der Waals surface area contributed by atoms with Gasteiger partial charge in [-0.05, 0) is 17.5 Å². The first-order chi connectivity index (χ1) is 12.6. The molecule has 132 valence electrons. The average Bonchev–Trinajstić information content (AvgIpc) is 3.29. The number of H-pyrrole nitrogens is 1. The molecule has 0 radical (unpaired) electrons. The Bertz CT molecular complexity index is 970. The fourth-order valence-corrected chi connectivity index (χ4v) is 3.99. The highest BCUT2D eigenvalue weighted by molar-refractivity contribution is 6.11. The number of carbonyl (C=O) groups excluding carboxylic acids is 1. The topological polar surface area (TPSA) is 76.0 Å². The van der Waals surface area contributed by atoms with Crippen LogP contribution in [0.15, 0.2) is 48.5 Å². The maximum absolute atomic E-state index is 13.0. The Morgan fingerprint density at radius 2 is 1.85 bits per heavy atom. The van der Waals surface area contributed by atoms with Gasteiger partial charge >= 0.3 is 0 Å². The summed E-state index contributed by atoms with van der Waals surface area (Å²) in [6, 6.07) is 14.3. The zero-order chi connectivity index (χ0) is 18.1. The minimum atomic E-state index is -0.402. The molecular formula is C21H20N2O3. The minimum absolute atomic E-state index is 0.0310. The number of non-ortho nitro benzene ring substituents is 1. The van der Waals surface area contributed by atoms with E-state index in [9.17, 15) is 14.9 Å². The maximum Gasteiger partial charge on any atom is 0.270 e. The van der Waals surface area contributed by atoms with Crippen molar-refractivity contribution in [1.29, 1.82) is 0 Å². The molecule has 26 heavy (non-hydrogen) atoms. The molecule has 1 fully saturated rings. The van der Waals surface area contributed by atoms with Crippen molar-refractivity contribution in [3.63, 3.8) is 0 Å². The summed E-state index contributed by atoms with van der Waals surface area (Å²) in [6.45, 7) is 0. The number of ketones is 1. The molecule has 4 rings (SSSR count). The highest BCUT2D eigenvalue weighted by Crippen LogP contribution is 2.36. The summed E-state index contributed by atoms with van der Waals surface area (Å²) < 4.78 is 0. The third-order valence-corrected chi connectivity index (χ3v) is 5.28. The first-order valence-electron chi connectivity index (χ1n) is 9.02. The van der Waals surface area contributed by atoms with E-state index in [2.05, 4.69) is 4.98 Å². The number of nitrogens with one attached hydrogen (secondary N) is 1. The standard InChI is InChI=1S/C21H20N2O3/c24-19(12-14-6-4-5-7-14)21-20(15-8-2-1-3-9-15)17-13-16(23(25)26)10-11-18(17)22-21/h1-3,8-11,13-14,22H,4-7,12H2. The largest absolute Gasteiger partial charge is 0.352 e. The van der Waals surface area contributed by atoms with Crippen molar-refractivity contribution in [2.24, 2.45) is 5.92 Å². The Morgan fingerprint density at radius 1 is 1.12 bits per heavy atom. The smallest absolute Gasteiger partial charge is 0.270 e. The quantitative estimate of drug-likeness (QED) is 0.375. The summed E-state index contributed by atoms with van der Waals surface area (Å²) in [7, 11) is 0. The number of carbonyl (C=O) groups is 1. The van der Waals surface area contributed by atoms with E-state index < -0.39 is 4.92 Å². The summed E-state index contributed by atoms with van der Waals surface area (Å²) in [6.07, 6.45) is 5.15. The lowest BCUT2D eigenvalue weighted by atomic mass is 9.95. The van der Waals surface area contributed by atoms with Gasteiger partial charge in [-0.3, -0.25) is 14.9 Å². The van der Waals surface area contributed by atoms with Crippen LogP contribution in [0.1, 0.15) is 42.6 Å². The first kappa shape index (κ1) is 16.5. The number of hydrogen-bond donors (Lipinski definition) is 1. The van der Waals surface area contributed by atoms with Crippen molar-refractivity contribution in [3.05, 3.63) is 64.3 Å². The zero-order valence-corrected chi connectivity index (χ0v) is 14.4. The van der Waals surface area contributed by atoms with Gasteiger partial charge in [0.1, 0.15) is 0 Å². The second kappa shape index (κ2) is 6.75. The summed E-state index contributed by atoms with van der Waals surface area (Å²) in [5.74, 6) is 0.543. The van der Waals surface area contributed by atoms with Crippen LogP contribution in [-0.4, -0.2) is 15.7 Å². The lowest BCUT2D eigenvalue weighted by Crippen LogP contribution is -2.07. The number of nitrogens with zero attached hydrogens (tertiary/aromatic N) is 1. The molecule has 2 aromatic carbocycles. The molecule has 0 aliphatic heterocycles. The summed E-state index contributed by atoms with van der Waals surface area (Å²) in [5.41, 5.74) is 3.02.